The first-order valence-electron chi connectivity index (χ1n) is 9.43. The van der Waals surface area contributed by atoms with Crippen molar-refractivity contribution in [2.24, 2.45) is 5.92 Å². The molecular formula is C21H25N5O. The Morgan fingerprint density at radius 3 is 2.81 bits per heavy atom. The Hall–Kier alpha value is -2.86. The maximum absolute atomic E-state index is 9.50. The quantitative estimate of drug-likeness (QED) is 0.726. The molecule has 4 rings (SSSR count). The Labute approximate surface area is 159 Å². The van der Waals surface area contributed by atoms with E-state index in [1.54, 1.807) is 11.0 Å². The summed E-state index contributed by atoms with van der Waals surface area (Å²) in [5.41, 5.74) is 4.31. The smallest absolute Gasteiger partial charge is 0.246 e. The third kappa shape index (κ3) is 4.11. The highest BCUT2D eigenvalue weighted by Gasteiger charge is 2.20. The molecule has 2 heterocycles. The number of piperidine rings is 1. The van der Waals surface area contributed by atoms with Crippen molar-refractivity contribution >= 4 is 17.3 Å². The Morgan fingerprint density at radius 2 is 2.00 bits per heavy atom. The maximum atomic E-state index is 9.50. The summed E-state index contributed by atoms with van der Waals surface area (Å²) in [6, 6.07) is 16.4. The van der Waals surface area contributed by atoms with Gasteiger partial charge in [0.15, 0.2) is 0 Å². The Morgan fingerprint density at radius 1 is 1.15 bits per heavy atom. The SMILES string of the molecule is Cc1cc(Nc2ncn(-c3ccccc3)n2)cc(N2CCCC(CO)C2)c1. The molecule has 0 amide bonds. The van der Waals surface area contributed by atoms with E-state index in [-0.39, 0.29) is 6.61 Å². The fourth-order valence-electron chi connectivity index (χ4n) is 3.62. The number of hydrogen-bond acceptors (Lipinski definition) is 5. The summed E-state index contributed by atoms with van der Waals surface area (Å²) < 4.78 is 1.76. The van der Waals surface area contributed by atoms with Crippen molar-refractivity contribution in [2.45, 2.75) is 19.8 Å². The summed E-state index contributed by atoms with van der Waals surface area (Å²) >= 11 is 0. The molecule has 1 fully saturated rings. The molecule has 6 heteroatoms. The molecule has 2 N–H and O–H groups in total. The van der Waals surface area contributed by atoms with Crippen molar-refractivity contribution < 1.29 is 5.11 Å². The minimum Gasteiger partial charge on any atom is -0.396 e. The molecule has 0 spiro atoms. The molecule has 1 unspecified atom stereocenters. The normalized spacial score (nSPS) is 17.1. The molecule has 0 bridgehead atoms. The number of aromatic nitrogens is 3. The fourth-order valence-corrected chi connectivity index (χ4v) is 3.62. The van der Waals surface area contributed by atoms with Gasteiger partial charge in [-0.3, -0.25) is 0 Å². The first-order valence-corrected chi connectivity index (χ1v) is 9.43. The van der Waals surface area contributed by atoms with Crippen LogP contribution in [0.4, 0.5) is 17.3 Å². The second kappa shape index (κ2) is 7.80. The molecule has 0 radical (unpaired) electrons. The number of aliphatic hydroxyl groups excluding tert-OH is 1. The highest BCUT2D eigenvalue weighted by molar-refractivity contribution is 5.64. The van der Waals surface area contributed by atoms with Crippen LogP contribution in [0.5, 0.6) is 0 Å². The largest absolute Gasteiger partial charge is 0.396 e. The van der Waals surface area contributed by atoms with Crippen LogP contribution in [0.25, 0.3) is 5.69 Å². The van der Waals surface area contributed by atoms with E-state index in [4.69, 9.17) is 0 Å². The van der Waals surface area contributed by atoms with Crippen molar-refractivity contribution in [1.82, 2.24) is 14.8 Å². The van der Waals surface area contributed by atoms with Gasteiger partial charge in [0, 0.05) is 31.1 Å². The molecule has 0 saturated carbocycles. The molecule has 1 aliphatic heterocycles. The van der Waals surface area contributed by atoms with Gasteiger partial charge in [0.05, 0.1) is 5.69 Å². The summed E-state index contributed by atoms with van der Waals surface area (Å²) in [4.78, 5) is 6.74. The van der Waals surface area contributed by atoms with Crippen molar-refractivity contribution in [3.8, 4) is 5.69 Å². The molecule has 140 valence electrons. The van der Waals surface area contributed by atoms with E-state index in [0.29, 0.717) is 11.9 Å². The highest BCUT2D eigenvalue weighted by atomic mass is 16.3. The summed E-state index contributed by atoms with van der Waals surface area (Å²) in [5, 5.41) is 17.3. The molecular weight excluding hydrogens is 338 g/mol. The molecule has 6 nitrogen and oxygen atoms in total. The first-order chi connectivity index (χ1) is 13.2. The predicted molar refractivity (Wildman–Crippen MR) is 108 cm³/mol. The lowest BCUT2D eigenvalue weighted by atomic mass is 9.98. The van der Waals surface area contributed by atoms with Crippen molar-refractivity contribution in [3.63, 3.8) is 0 Å². The average molecular weight is 363 g/mol. The number of hydrogen-bond donors (Lipinski definition) is 2. The van der Waals surface area contributed by atoms with Gasteiger partial charge in [-0.1, -0.05) is 18.2 Å². The fraction of sp³-hybridized carbons (Fsp3) is 0.333. The van der Waals surface area contributed by atoms with Crippen LogP contribution < -0.4 is 10.2 Å². The second-order valence-electron chi connectivity index (χ2n) is 7.17. The lowest BCUT2D eigenvalue weighted by Gasteiger charge is -2.34. The van der Waals surface area contributed by atoms with Gasteiger partial charge in [0.2, 0.25) is 5.95 Å². The maximum Gasteiger partial charge on any atom is 0.246 e. The van der Waals surface area contributed by atoms with Crippen molar-refractivity contribution in [1.29, 1.82) is 0 Å². The van der Waals surface area contributed by atoms with Crippen LogP contribution in [-0.2, 0) is 0 Å². The third-order valence-electron chi connectivity index (χ3n) is 4.97. The van der Waals surface area contributed by atoms with Gasteiger partial charge in [0.25, 0.3) is 0 Å². The minimum atomic E-state index is 0.258. The molecule has 3 aromatic rings. The molecule has 27 heavy (non-hydrogen) atoms. The number of anilines is 3. The van der Waals surface area contributed by atoms with Crippen LogP contribution in [-0.4, -0.2) is 39.6 Å². The summed E-state index contributed by atoms with van der Waals surface area (Å²) in [6.07, 6.45) is 3.93. The van der Waals surface area contributed by atoms with Crippen LogP contribution in [0.2, 0.25) is 0 Å². The van der Waals surface area contributed by atoms with Gasteiger partial charge < -0.3 is 15.3 Å². The standard InChI is InChI=1S/C21H25N5O/c1-16-10-18(12-20(11-16)25-9-5-6-17(13-25)14-27)23-21-22-15-26(24-21)19-7-3-2-4-8-19/h2-4,7-8,10-12,15,17,27H,5-6,9,13-14H2,1H3,(H,23,24). The van der Waals surface area contributed by atoms with Crippen LogP contribution in [0.1, 0.15) is 18.4 Å². The summed E-state index contributed by atoms with van der Waals surface area (Å²) in [5.74, 6) is 0.932. The Kier molecular flexibility index (Phi) is 5.07. The number of nitrogens with zero attached hydrogens (tertiary/aromatic N) is 4. The van der Waals surface area contributed by atoms with Crippen molar-refractivity contribution in [3.05, 3.63) is 60.4 Å². The molecule has 1 aromatic heterocycles. The van der Waals surface area contributed by atoms with E-state index < -0.39 is 0 Å². The zero-order chi connectivity index (χ0) is 18.6. The van der Waals surface area contributed by atoms with E-state index in [1.807, 2.05) is 30.3 Å². The Balaban J connectivity index is 1.53. The topological polar surface area (TPSA) is 66.2 Å². The lowest BCUT2D eigenvalue weighted by molar-refractivity contribution is 0.209. The zero-order valence-corrected chi connectivity index (χ0v) is 15.5. The molecule has 1 saturated heterocycles. The van der Waals surface area contributed by atoms with Gasteiger partial charge in [0.1, 0.15) is 6.33 Å². The molecule has 1 atom stereocenters. The zero-order valence-electron chi connectivity index (χ0n) is 15.5. The predicted octanol–water partition coefficient (Wildman–Crippen LogP) is 3.53. The summed E-state index contributed by atoms with van der Waals surface area (Å²) in [7, 11) is 0. The minimum absolute atomic E-state index is 0.258. The van der Waals surface area contributed by atoms with Crippen molar-refractivity contribution in [2.75, 3.05) is 29.9 Å². The van der Waals surface area contributed by atoms with E-state index in [9.17, 15) is 5.11 Å². The van der Waals surface area contributed by atoms with E-state index in [1.165, 1.54) is 11.3 Å². The number of rotatable bonds is 5. The number of aryl methyl sites for hydroxylation is 1. The molecule has 0 aliphatic carbocycles. The van der Waals surface area contributed by atoms with Crippen LogP contribution in [0.15, 0.2) is 54.9 Å². The lowest BCUT2D eigenvalue weighted by Crippen LogP contribution is -2.36. The first kappa shape index (κ1) is 17.5. The van der Waals surface area contributed by atoms with E-state index >= 15 is 0 Å². The van der Waals surface area contributed by atoms with Gasteiger partial charge in [-0.2, -0.15) is 4.98 Å². The third-order valence-corrected chi connectivity index (χ3v) is 4.97. The van der Waals surface area contributed by atoms with Crippen LogP contribution in [0, 0.1) is 12.8 Å². The van der Waals surface area contributed by atoms with Gasteiger partial charge in [-0.25, -0.2) is 4.68 Å². The van der Waals surface area contributed by atoms with Gasteiger partial charge in [-0.05, 0) is 61.6 Å². The molecule has 1 aliphatic rings. The molecule has 2 aromatic carbocycles. The Bertz CT molecular complexity index is 893. The monoisotopic (exact) mass is 363 g/mol. The van der Waals surface area contributed by atoms with Gasteiger partial charge in [-0.15, -0.1) is 5.10 Å². The second-order valence-corrected chi connectivity index (χ2v) is 7.17. The number of para-hydroxylation sites is 1. The van der Waals surface area contributed by atoms with Gasteiger partial charge >= 0.3 is 0 Å². The number of nitrogens with one attached hydrogen (secondary N) is 1. The summed E-state index contributed by atoms with van der Waals surface area (Å²) in [6.45, 7) is 4.28. The van der Waals surface area contributed by atoms with E-state index in [0.717, 1.165) is 37.3 Å². The average Bonchev–Trinajstić information content (AvgIpc) is 3.17. The van der Waals surface area contributed by atoms with Crippen LogP contribution >= 0.6 is 0 Å². The number of benzene rings is 2. The van der Waals surface area contributed by atoms with Crippen LogP contribution in [0.3, 0.4) is 0 Å². The van der Waals surface area contributed by atoms with E-state index in [2.05, 4.69) is 45.4 Å². The number of aliphatic hydroxyl groups is 1. The highest BCUT2D eigenvalue weighted by Crippen LogP contribution is 2.28.